The van der Waals surface area contributed by atoms with Crippen LogP contribution in [0, 0.1) is 0 Å². The van der Waals surface area contributed by atoms with Gasteiger partial charge in [-0.25, -0.2) is 0 Å². The standard InChI is InChI=1S/C46H69N11O11S3/c1-22(58)33(37(49)61)55-44(68)36(46(5,6)71)57-42(66)34(23(2)59)56-38(62)29(12-9-17-47)51-40(64)31(19-25-20-50-28-11-8-7-10-27(25)28)53-39(63)30(18-24-13-15-26(60)16-14-24)52-41(65)32(21-69)54-43(67)35(48)45(3,4)70/h7-8,10-11,13-16,20,22-23,29-36,50,58-60,69-71H,9,12,17-19,21,47-48H2,1-6H3,(H2,49,61)(H,51,64)(H,52,65)(H,53,63)(H,54,67)(H,55,68)(H,56,62)(H,57,66)/t22-,23-,29+,30+,31-,32+,33+,34+,35+,36-/m1/s1. The smallest absolute Gasteiger partial charge is 0.245 e. The molecule has 22 nitrogen and oxygen atoms in total. The topological polar surface area (TPSA) is 375 Å². The summed E-state index contributed by atoms with van der Waals surface area (Å²) in [5.74, 6) is -7.58. The number of nitrogens with one attached hydrogen (secondary N) is 8. The SMILES string of the molecule is C[C@@H](O)[C@H](NC(=O)[C@@H](NC(=O)[C@@H](NC(=O)[C@H](CCCN)NC(=O)[C@@H](Cc1c[nH]c2ccccc12)NC(=O)[C@H](Cc1ccc(O)cc1)NC(=O)[C@H](CS)NC(=O)[C@H](N)C(C)(C)S)[C@@H](C)O)C(C)(C)S)C(N)=O. The molecule has 10 atom stereocenters. The lowest BCUT2D eigenvalue weighted by Gasteiger charge is -2.33. The van der Waals surface area contributed by atoms with Crippen LogP contribution in [0.5, 0.6) is 5.75 Å². The molecule has 0 bridgehead atoms. The van der Waals surface area contributed by atoms with Crippen molar-refractivity contribution in [1.29, 1.82) is 0 Å². The van der Waals surface area contributed by atoms with Crippen molar-refractivity contribution in [3.63, 3.8) is 0 Å². The number of aromatic amines is 1. The van der Waals surface area contributed by atoms with E-state index in [1.807, 2.05) is 0 Å². The van der Waals surface area contributed by atoms with E-state index < -0.39 is 117 Å². The zero-order valence-corrected chi connectivity index (χ0v) is 43.1. The molecule has 1 aromatic heterocycles. The average Bonchev–Trinajstić information content (AvgIpc) is 3.70. The van der Waals surface area contributed by atoms with Gasteiger partial charge in [0, 0.05) is 45.2 Å². The normalized spacial score (nSPS) is 16.0. The summed E-state index contributed by atoms with van der Waals surface area (Å²) in [6.07, 6.45) is -1.61. The monoisotopic (exact) mass is 1050 g/mol. The number of aromatic hydroxyl groups is 1. The van der Waals surface area contributed by atoms with Crippen LogP contribution >= 0.6 is 37.9 Å². The van der Waals surface area contributed by atoms with Crippen LogP contribution in [0.2, 0.25) is 0 Å². The second-order valence-corrected chi connectivity index (χ2v) is 21.0. The third-order valence-electron chi connectivity index (χ3n) is 11.3. The van der Waals surface area contributed by atoms with Crippen LogP contribution in [0.15, 0.2) is 54.7 Å². The van der Waals surface area contributed by atoms with Gasteiger partial charge in [0.05, 0.1) is 18.2 Å². The number of rotatable bonds is 27. The van der Waals surface area contributed by atoms with Crippen molar-refractivity contribution >= 4 is 96.0 Å². The Morgan fingerprint density at radius 2 is 1.15 bits per heavy atom. The summed E-state index contributed by atoms with van der Waals surface area (Å²) in [5.41, 5.74) is 19.0. The number of hydrogen-bond donors (Lipinski definition) is 17. The Morgan fingerprint density at radius 3 is 1.68 bits per heavy atom. The van der Waals surface area contributed by atoms with Crippen LogP contribution in [0.25, 0.3) is 10.9 Å². The number of aliphatic hydroxyl groups excluding tert-OH is 2. The van der Waals surface area contributed by atoms with Crippen LogP contribution in [-0.4, -0.2) is 150 Å². The first-order chi connectivity index (χ1) is 33.1. The highest BCUT2D eigenvalue weighted by atomic mass is 32.1. The average molecular weight is 1050 g/mol. The Kier molecular flexibility index (Phi) is 22.5. The number of thiol groups is 3. The second-order valence-electron chi connectivity index (χ2n) is 18.4. The van der Waals surface area contributed by atoms with Crippen LogP contribution in [0.1, 0.15) is 65.5 Å². The van der Waals surface area contributed by atoms with Crippen molar-refractivity contribution in [3.05, 3.63) is 65.9 Å². The third kappa shape index (κ3) is 17.9. The number of fused-ring (bicyclic) bond motifs is 1. The van der Waals surface area contributed by atoms with Gasteiger partial charge in [0.2, 0.25) is 47.3 Å². The number of amides is 8. The maximum atomic E-state index is 14.6. The molecule has 71 heavy (non-hydrogen) atoms. The molecular formula is C46H69N11O11S3. The summed E-state index contributed by atoms with van der Waals surface area (Å²) in [6.45, 7) is 8.64. The van der Waals surface area contributed by atoms with Gasteiger partial charge in [-0.05, 0) is 90.3 Å². The lowest BCUT2D eigenvalue weighted by molar-refractivity contribution is -0.137. The molecule has 17 N–H and O–H groups in total. The maximum absolute atomic E-state index is 14.6. The zero-order valence-electron chi connectivity index (χ0n) is 40.4. The number of benzene rings is 2. The summed E-state index contributed by atoms with van der Waals surface area (Å²) < 4.78 is -2.29. The summed E-state index contributed by atoms with van der Waals surface area (Å²) in [5, 5.41) is 49.2. The van der Waals surface area contributed by atoms with Gasteiger partial charge in [-0.1, -0.05) is 30.3 Å². The quantitative estimate of drug-likeness (QED) is 0.0358. The lowest BCUT2D eigenvalue weighted by atomic mass is 9.99. The maximum Gasteiger partial charge on any atom is 0.245 e. The molecule has 0 radical (unpaired) electrons. The van der Waals surface area contributed by atoms with E-state index >= 15 is 0 Å². The number of hydrogen-bond acceptors (Lipinski definition) is 16. The van der Waals surface area contributed by atoms with Gasteiger partial charge >= 0.3 is 0 Å². The van der Waals surface area contributed by atoms with E-state index in [1.54, 1.807) is 44.3 Å². The first kappa shape index (κ1) is 59.7. The van der Waals surface area contributed by atoms with E-state index in [4.69, 9.17) is 17.2 Å². The molecule has 0 aliphatic rings. The van der Waals surface area contributed by atoms with Crippen molar-refractivity contribution in [1.82, 2.24) is 42.2 Å². The Hall–Kier alpha value is -5.57. The molecule has 0 aliphatic heterocycles. The van der Waals surface area contributed by atoms with Crippen molar-refractivity contribution in [2.45, 2.75) is 137 Å². The Morgan fingerprint density at radius 1 is 0.648 bits per heavy atom. The Labute approximate surface area is 428 Å². The predicted octanol–water partition coefficient (Wildman–Crippen LogP) is -2.29. The summed E-state index contributed by atoms with van der Waals surface area (Å²) in [7, 11) is 0. The first-order valence-corrected chi connectivity index (χ1v) is 24.2. The largest absolute Gasteiger partial charge is 0.508 e. The molecule has 8 amide bonds. The predicted molar refractivity (Wildman–Crippen MR) is 276 cm³/mol. The highest BCUT2D eigenvalue weighted by Crippen LogP contribution is 2.22. The molecule has 0 fully saturated rings. The number of aromatic nitrogens is 1. The van der Waals surface area contributed by atoms with E-state index in [-0.39, 0.29) is 43.7 Å². The molecule has 0 aliphatic carbocycles. The van der Waals surface area contributed by atoms with Gasteiger partial charge in [-0.15, -0.1) is 0 Å². The molecule has 25 heteroatoms. The van der Waals surface area contributed by atoms with Gasteiger partial charge in [0.1, 0.15) is 48.0 Å². The Bertz CT molecular complexity index is 2340. The highest BCUT2D eigenvalue weighted by molar-refractivity contribution is 7.82. The molecule has 1 heterocycles. The van der Waals surface area contributed by atoms with Crippen LogP contribution in [-0.2, 0) is 51.2 Å². The summed E-state index contributed by atoms with van der Waals surface area (Å²) >= 11 is 13.0. The fraction of sp³-hybridized carbons (Fsp3) is 0.522. The van der Waals surface area contributed by atoms with Crippen LogP contribution in [0.4, 0.5) is 0 Å². The van der Waals surface area contributed by atoms with E-state index in [9.17, 15) is 53.7 Å². The second kappa shape index (κ2) is 26.8. The van der Waals surface area contributed by atoms with Crippen LogP contribution in [0.3, 0.4) is 0 Å². The third-order valence-corrected chi connectivity index (χ3v) is 12.2. The minimum atomic E-state index is -1.74. The highest BCUT2D eigenvalue weighted by Gasteiger charge is 2.40. The van der Waals surface area contributed by atoms with Gasteiger partial charge in [0.15, 0.2) is 0 Å². The van der Waals surface area contributed by atoms with Crippen LogP contribution < -0.4 is 54.4 Å². The number of aliphatic hydroxyl groups is 2. The number of primary amides is 1. The molecule has 0 unspecified atom stereocenters. The minimum absolute atomic E-state index is 0.0623. The van der Waals surface area contributed by atoms with Gasteiger partial charge in [-0.3, -0.25) is 38.4 Å². The number of H-pyrrole nitrogens is 1. The lowest BCUT2D eigenvalue weighted by Crippen LogP contribution is -2.64. The van der Waals surface area contributed by atoms with E-state index in [0.29, 0.717) is 22.0 Å². The van der Waals surface area contributed by atoms with Gasteiger partial charge in [0.25, 0.3) is 0 Å². The molecule has 0 saturated heterocycles. The number of para-hydroxylation sites is 1. The van der Waals surface area contributed by atoms with Gasteiger partial charge in [-0.2, -0.15) is 37.9 Å². The fourth-order valence-electron chi connectivity index (χ4n) is 7.11. The van der Waals surface area contributed by atoms with E-state index in [1.165, 1.54) is 52.0 Å². The fourth-order valence-corrected chi connectivity index (χ4v) is 7.67. The number of phenols is 1. The van der Waals surface area contributed by atoms with Crippen molar-refractivity contribution in [2.24, 2.45) is 17.2 Å². The number of phenolic OH excluding ortho intramolecular Hbond substituents is 1. The number of carbonyl (C=O) groups excluding carboxylic acids is 8. The molecule has 392 valence electrons. The van der Waals surface area contributed by atoms with Gasteiger partial charge < -0.3 is 74.7 Å². The summed E-state index contributed by atoms with van der Waals surface area (Å²) in [4.78, 5) is 112. The number of carbonyl (C=O) groups is 8. The molecule has 3 aromatic rings. The molecule has 0 saturated carbocycles. The molecular weight excluding hydrogens is 979 g/mol. The summed E-state index contributed by atoms with van der Waals surface area (Å²) in [6, 6.07) is 1.46. The molecule has 3 rings (SSSR count). The van der Waals surface area contributed by atoms with E-state index in [0.717, 1.165) is 0 Å². The number of nitrogens with two attached hydrogens (primary N) is 3. The molecule has 2 aromatic carbocycles. The molecule has 0 spiro atoms. The van der Waals surface area contributed by atoms with E-state index in [2.05, 4.69) is 80.1 Å². The van der Waals surface area contributed by atoms with Crippen molar-refractivity contribution < 1.29 is 53.7 Å². The minimum Gasteiger partial charge on any atom is -0.508 e. The Balaban J connectivity index is 2.00. The zero-order chi connectivity index (χ0) is 53.5. The first-order valence-electron chi connectivity index (χ1n) is 22.7. The van der Waals surface area contributed by atoms with Crippen molar-refractivity contribution in [3.8, 4) is 5.75 Å². The van der Waals surface area contributed by atoms with Crippen molar-refractivity contribution in [2.75, 3.05) is 12.3 Å².